The molecule has 2 aromatic heterocycles. The maximum absolute atomic E-state index is 14.0. The molecule has 10 heteroatoms. The van der Waals surface area contributed by atoms with Crippen molar-refractivity contribution in [2.24, 2.45) is 0 Å². The van der Waals surface area contributed by atoms with E-state index >= 15 is 0 Å². The monoisotopic (exact) mass is 297 g/mol. The number of allylic oxidation sites excluding steroid dienone is 1. The molecule has 108 valence electrons. The Morgan fingerprint density at radius 3 is 3.00 bits per heavy atom. The molecule has 3 rings (SSSR count). The number of halogens is 1. The number of rotatable bonds is 4. The van der Waals surface area contributed by atoms with Crippen LogP contribution in [0.5, 0.6) is 0 Å². The molecule has 0 bridgehead atoms. The van der Waals surface area contributed by atoms with Gasteiger partial charge >= 0.3 is 0 Å². The molecule has 1 aromatic carbocycles. The van der Waals surface area contributed by atoms with E-state index in [4.69, 9.17) is 5.26 Å². The fraction of sp³-hybridized carbons (Fsp3) is 0. The summed E-state index contributed by atoms with van der Waals surface area (Å²) in [5.41, 5.74) is 0.887. The third-order valence-electron chi connectivity index (χ3n) is 2.70. The summed E-state index contributed by atoms with van der Waals surface area (Å²) in [6, 6.07) is 6.38. The van der Waals surface area contributed by atoms with Crippen molar-refractivity contribution in [3.8, 4) is 11.8 Å². The predicted molar refractivity (Wildman–Crippen MR) is 72.7 cm³/mol. The predicted octanol–water partition coefficient (Wildman–Crippen LogP) is 0.896. The van der Waals surface area contributed by atoms with E-state index in [1.165, 1.54) is 29.6 Å². The summed E-state index contributed by atoms with van der Waals surface area (Å²) in [7, 11) is 0. The lowest BCUT2D eigenvalue weighted by Crippen LogP contribution is -1.99. The second-order valence-electron chi connectivity index (χ2n) is 4.06. The molecule has 0 aliphatic heterocycles. The molecule has 0 radical (unpaired) electrons. The van der Waals surface area contributed by atoms with Gasteiger partial charge in [0, 0.05) is 11.9 Å². The van der Waals surface area contributed by atoms with E-state index in [0.29, 0.717) is 5.69 Å². The number of nitrogens with zero attached hydrogens (tertiary/aromatic N) is 7. The van der Waals surface area contributed by atoms with Gasteiger partial charge in [-0.25, -0.2) is 14.1 Å². The summed E-state index contributed by atoms with van der Waals surface area (Å²) in [5.74, 6) is -0.336. The molecule has 2 heterocycles. The number of hydrogen-bond acceptors (Lipinski definition) is 7. The Morgan fingerprint density at radius 2 is 2.36 bits per heavy atom. The molecule has 0 unspecified atom stereocenters. The van der Waals surface area contributed by atoms with E-state index in [0.717, 1.165) is 0 Å². The van der Waals surface area contributed by atoms with Gasteiger partial charge in [-0.1, -0.05) is 0 Å². The van der Waals surface area contributed by atoms with Gasteiger partial charge < -0.3 is 5.32 Å². The normalized spacial score (nSPS) is 11.2. The van der Waals surface area contributed by atoms with Crippen LogP contribution in [0.25, 0.3) is 11.3 Å². The van der Waals surface area contributed by atoms with Gasteiger partial charge in [-0.15, -0.1) is 10.2 Å². The number of tetrazole rings is 1. The number of hydrogen-bond donors (Lipinski definition) is 2. The Balaban J connectivity index is 1.82. The van der Waals surface area contributed by atoms with E-state index in [1.54, 1.807) is 12.1 Å². The van der Waals surface area contributed by atoms with Gasteiger partial charge in [0.25, 0.3) is 0 Å². The molecule has 0 spiro atoms. The Kier molecular flexibility index (Phi) is 3.52. The average Bonchev–Trinajstić information content (AvgIpc) is 3.21. The molecule has 22 heavy (non-hydrogen) atoms. The Morgan fingerprint density at radius 1 is 1.45 bits per heavy atom. The van der Waals surface area contributed by atoms with Crippen LogP contribution in [-0.4, -0.2) is 35.4 Å². The van der Waals surface area contributed by atoms with Crippen LogP contribution >= 0.6 is 0 Å². The summed E-state index contributed by atoms with van der Waals surface area (Å²) < 4.78 is 15.4. The first-order valence-electron chi connectivity index (χ1n) is 6.03. The molecular weight excluding hydrogens is 289 g/mol. The minimum absolute atomic E-state index is 0.148. The molecule has 0 saturated carbocycles. The van der Waals surface area contributed by atoms with E-state index in [1.807, 2.05) is 6.07 Å². The Bertz CT molecular complexity index is 830. The van der Waals surface area contributed by atoms with Gasteiger partial charge in [-0.05, 0) is 23.4 Å². The lowest BCUT2D eigenvalue weighted by atomic mass is 10.2. The van der Waals surface area contributed by atoms with Crippen molar-refractivity contribution >= 4 is 11.3 Å². The smallest absolute Gasteiger partial charge is 0.216 e. The van der Waals surface area contributed by atoms with Crippen LogP contribution in [-0.2, 0) is 0 Å². The third kappa shape index (κ3) is 2.63. The standard InChI is InChI=1S/C12H8FN9/c13-10-3-9(1-2-11(10)22-7-15-6-17-22)16-5-8(4-14)12-18-20-21-19-12/h1-3,5-7,16H,(H,18,19,20,21). The molecule has 0 aliphatic rings. The van der Waals surface area contributed by atoms with Crippen LogP contribution in [0.15, 0.2) is 37.1 Å². The number of anilines is 1. The fourth-order valence-electron chi connectivity index (χ4n) is 1.69. The van der Waals surface area contributed by atoms with Crippen molar-refractivity contribution in [2.75, 3.05) is 5.32 Å². The zero-order valence-corrected chi connectivity index (χ0v) is 11.0. The van der Waals surface area contributed by atoms with Crippen LogP contribution in [0.2, 0.25) is 0 Å². The minimum Gasteiger partial charge on any atom is -0.360 e. The summed E-state index contributed by atoms with van der Waals surface area (Å²) >= 11 is 0. The number of aromatic amines is 1. The number of H-pyrrole nitrogens is 1. The van der Waals surface area contributed by atoms with Crippen LogP contribution in [0.3, 0.4) is 0 Å². The Hall–Kier alpha value is -3.61. The van der Waals surface area contributed by atoms with Gasteiger partial charge in [0.15, 0.2) is 5.82 Å². The highest BCUT2D eigenvalue weighted by atomic mass is 19.1. The quantitative estimate of drug-likeness (QED) is 0.686. The summed E-state index contributed by atoms with van der Waals surface area (Å²) in [4.78, 5) is 3.76. The third-order valence-corrected chi connectivity index (χ3v) is 2.70. The molecule has 0 saturated heterocycles. The van der Waals surface area contributed by atoms with Crippen LogP contribution in [0, 0.1) is 17.1 Å². The second-order valence-corrected chi connectivity index (χ2v) is 4.06. The lowest BCUT2D eigenvalue weighted by Gasteiger charge is -2.05. The summed E-state index contributed by atoms with van der Waals surface area (Å²) in [5, 5.41) is 28.7. The first-order chi connectivity index (χ1) is 10.8. The largest absolute Gasteiger partial charge is 0.360 e. The molecule has 2 N–H and O–H groups in total. The highest BCUT2D eigenvalue weighted by molar-refractivity contribution is 5.74. The first kappa shape index (κ1) is 13.4. The zero-order chi connectivity index (χ0) is 15.4. The average molecular weight is 297 g/mol. The highest BCUT2D eigenvalue weighted by Gasteiger charge is 2.08. The molecule has 0 amide bonds. The molecule has 3 aromatic rings. The first-order valence-corrected chi connectivity index (χ1v) is 6.03. The maximum Gasteiger partial charge on any atom is 0.216 e. The fourth-order valence-corrected chi connectivity index (χ4v) is 1.69. The molecule has 0 aliphatic carbocycles. The molecular formula is C12H8FN9. The van der Waals surface area contributed by atoms with E-state index in [-0.39, 0.29) is 17.1 Å². The van der Waals surface area contributed by atoms with Gasteiger partial charge in [-0.2, -0.15) is 15.6 Å². The Labute approximate surface area is 123 Å². The van der Waals surface area contributed by atoms with Crippen LogP contribution in [0.1, 0.15) is 5.82 Å². The van der Waals surface area contributed by atoms with Gasteiger partial charge in [0.05, 0.1) is 0 Å². The second kappa shape index (κ2) is 5.80. The SMILES string of the molecule is N#CC(=CNc1ccc(-n2cncn2)c(F)c1)c1nn[nH]n1. The van der Waals surface area contributed by atoms with Gasteiger partial charge in [0.2, 0.25) is 5.82 Å². The summed E-state index contributed by atoms with van der Waals surface area (Å²) in [6.45, 7) is 0. The molecule has 0 fully saturated rings. The van der Waals surface area contributed by atoms with E-state index in [9.17, 15) is 4.39 Å². The van der Waals surface area contributed by atoms with E-state index < -0.39 is 5.82 Å². The topological polar surface area (TPSA) is 121 Å². The van der Waals surface area contributed by atoms with Crippen molar-refractivity contribution in [1.29, 1.82) is 5.26 Å². The zero-order valence-electron chi connectivity index (χ0n) is 11.0. The van der Waals surface area contributed by atoms with Crippen molar-refractivity contribution in [3.05, 3.63) is 48.7 Å². The van der Waals surface area contributed by atoms with Crippen molar-refractivity contribution in [1.82, 2.24) is 35.4 Å². The minimum atomic E-state index is -0.484. The summed E-state index contributed by atoms with van der Waals surface area (Å²) in [6.07, 6.45) is 4.09. The van der Waals surface area contributed by atoms with Crippen molar-refractivity contribution < 1.29 is 4.39 Å². The van der Waals surface area contributed by atoms with Gasteiger partial charge in [-0.3, -0.25) is 0 Å². The number of benzene rings is 1. The van der Waals surface area contributed by atoms with Crippen LogP contribution in [0.4, 0.5) is 10.1 Å². The maximum atomic E-state index is 14.0. The lowest BCUT2D eigenvalue weighted by molar-refractivity contribution is 0.611. The van der Waals surface area contributed by atoms with Crippen molar-refractivity contribution in [2.45, 2.75) is 0 Å². The highest BCUT2D eigenvalue weighted by Crippen LogP contribution is 2.18. The molecule has 0 atom stereocenters. The molecule has 9 nitrogen and oxygen atoms in total. The van der Waals surface area contributed by atoms with Crippen molar-refractivity contribution in [3.63, 3.8) is 0 Å². The van der Waals surface area contributed by atoms with E-state index in [2.05, 4.69) is 36.0 Å². The van der Waals surface area contributed by atoms with Crippen LogP contribution < -0.4 is 5.32 Å². The number of aromatic nitrogens is 7. The number of nitriles is 1. The van der Waals surface area contributed by atoms with Gasteiger partial charge in [0.1, 0.15) is 30.0 Å². The number of nitrogens with one attached hydrogen (secondary N) is 2.